The first kappa shape index (κ1) is 10.9. The highest BCUT2D eigenvalue weighted by atomic mass is 15.4. The minimum atomic E-state index is 0.369. The van der Waals surface area contributed by atoms with Gasteiger partial charge in [-0.05, 0) is 6.07 Å². The molecule has 0 aliphatic heterocycles. The fourth-order valence-corrected chi connectivity index (χ4v) is 1.35. The van der Waals surface area contributed by atoms with Crippen molar-refractivity contribution in [2.24, 2.45) is 0 Å². The van der Waals surface area contributed by atoms with Gasteiger partial charge in [0.1, 0.15) is 6.07 Å². The van der Waals surface area contributed by atoms with E-state index < -0.39 is 0 Å². The fraction of sp³-hybridized carbons (Fsp3) is 0.200. The Morgan fingerprint density at radius 3 is 3.06 bits per heavy atom. The van der Waals surface area contributed by atoms with Gasteiger partial charge >= 0.3 is 0 Å². The molecule has 2 rings (SSSR count). The zero-order valence-electron chi connectivity index (χ0n) is 9.04. The van der Waals surface area contributed by atoms with Gasteiger partial charge in [-0.3, -0.25) is 4.68 Å². The zero-order valence-corrected chi connectivity index (χ0v) is 9.04. The van der Waals surface area contributed by atoms with Crippen molar-refractivity contribution in [3.63, 3.8) is 0 Å². The number of rotatable bonds is 4. The van der Waals surface area contributed by atoms with Crippen LogP contribution in [-0.4, -0.2) is 26.5 Å². The van der Waals surface area contributed by atoms with E-state index in [0.717, 1.165) is 0 Å². The van der Waals surface area contributed by atoms with Crippen molar-refractivity contribution >= 4 is 11.5 Å². The number of nitrogens with two attached hydrogens (primary N) is 1. The summed E-state index contributed by atoms with van der Waals surface area (Å²) >= 11 is 0. The molecule has 0 saturated heterocycles. The van der Waals surface area contributed by atoms with Gasteiger partial charge in [0.05, 0.1) is 24.0 Å². The van der Waals surface area contributed by atoms with E-state index in [0.29, 0.717) is 30.2 Å². The van der Waals surface area contributed by atoms with E-state index in [1.165, 1.54) is 0 Å². The molecule has 0 atom stereocenters. The number of nitriles is 1. The smallest absolute Gasteiger partial charge is 0.150 e. The predicted molar refractivity (Wildman–Crippen MR) is 61.9 cm³/mol. The highest BCUT2D eigenvalue weighted by molar-refractivity contribution is 5.68. The molecule has 0 fully saturated rings. The van der Waals surface area contributed by atoms with Gasteiger partial charge in [0.2, 0.25) is 0 Å². The van der Waals surface area contributed by atoms with Gasteiger partial charge < -0.3 is 11.1 Å². The molecule has 0 aromatic carbocycles. The number of anilines is 2. The first-order valence-corrected chi connectivity index (χ1v) is 5.04. The second kappa shape index (κ2) is 4.94. The molecule has 2 heterocycles. The van der Waals surface area contributed by atoms with Crippen LogP contribution < -0.4 is 11.1 Å². The lowest BCUT2D eigenvalue weighted by atomic mass is 10.2. The number of hydrogen-bond acceptors (Lipinski definition) is 6. The molecule has 0 aliphatic carbocycles. The summed E-state index contributed by atoms with van der Waals surface area (Å²) in [6.07, 6.45) is 4.93. The van der Waals surface area contributed by atoms with Crippen molar-refractivity contribution in [1.29, 1.82) is 5.26 Å². The van der Waals surface area contributed by atoms with Gasteiger partial charge in [-0.15, -0.1) is 5.10 Å². The molecule has 0 radical (unpaired) electrons. The lowest BCUT2D eigenvalue weighted by Crippen LogP contribution is -2.13. The number of nitrogen functional groups attached to an aromatic ring is 1. The maximum Gasteiger partial charge on any atom is 0.150 e. The molecular weight excluding hydrogens is 218 g/mol. The summed E-state index contributed by atoms with van der Waals surface area (Å²) < 4.78 is 1.69. The highest BCUT2D eigenvalue weighted by Crippen LogP contribution is 2.18. The lowest BCUT2D eigenvalue weighted by molar-refractivity contribution is 0.608. The monoisotopic (exact) mass is 229 g/mol. The minimum absolute atomic E-state index is 0.369. The molecule has 0 spiro atoms. The Morgan fingerprint density at radius 1 is 1.47 bits per heavy atom. The molecule has 3 N–H and O–H groups in total. The van der Waals surface area contributed by atoms with E-state index in [1.807, 2.05) is 6.07 Å². The van der Waals surface area contributed by atoms with Crippen LogP contribution in [0.2, 0.25) is 0 Å². The van der Waals surface area contributed by atoms with E-state index in [4.69, 9.17) is 11.0 Å². The van der Waals surface area contributed by atoms with Gasteiger partial charge in [-0.25, -0.2) is 4.98 Å². The van der Waals surface area contributed by atoms with E-state index in [2.05, 4.69) is 20.6 Å². The molecule has 0 saturated carbocycles. The van der Waals surface area contributed by atoms with Crippen LogP contribution in [0.4, 0.5) is 11.5 Å². The van der Waals surface area contributed by atoms with Crippen molar-refractivity contribution in [2.45, 2.75) is 6.54 Å². The first-order valence-electron chi connectivity index (χ1n) is 5.04. The van der Waals surface area contributed by atoms with Crippen LogP contribution in [0.25, 0.3) is 0 Å². The van der Waals surface area contributed by atoms with Gasteiger partial charge in [-0.1, -0.05) is 5.21 Å². The van der Waals surface area contributed by atoms with Crippen LogP contribution in [0.3, 0.4) is 0 Å². The lowest BCUT2D eigenvalue weighted by Gasteiger charge is -2.08. The fourth-order valence-electron chi connectivity index (χ4n) is 1.35. The Bertz CT molecular complexity index is 526. The molecule has 2 aromatic heterocycles. The van der Waals surface area contributed by atoms with Crippen molar-refractivity contribution in [1.82, 2.24) is 20.0 Å². The van der Waals surface area contributed by atoms with Crippen LogP contribution >= 0.6 is 0 Å². The van der Waals surface area contributed by atoms with Gasteiger partial charge in [0.25, 0.3) is 0 Å². The van der Waals surface area contributed by atoms with Crippen molar-refractivity contribution < 1.29 is 0 Å². The van der Waals surface area contributed by atoms with Gasteiger partial charge in [-0.2, -0.15) is 5.26 Å². The van der Waals surface area contributed by atoms with Crippen LogP contribution in [0.5, 0.6) is 0 Å². The third kappa shape index (κ3) is 2.49. The number of nitrogens with zero attached hydrogens (tertiary/aromatic N) is 5. The molecular formula is C10H11N7. The van der Waals surface area contributed by atoms with Crippen LogP contribution in [-0.2, 0) is 6.54 Å². The van der Waals surface area contributed by atoms with E-state index in [1.54, 1.807) is 29.3 Å². The topological polar surface area (TPSA) is 105 Å². The molecule has 0 aliphatic rings. The number of hydrogen-bond donors (Lipinski definition) is 2. The maximum absolute atomic E-state index is 8.81. The minimum Gasteiger partial charge on any atom is -0.395 e. The summed E-state index contributed by atoms with van der Waals surface area (Å²) in [4.78, 5) is 4.07. The first-order chi connectivity index (χ1) is 8.31. The van der Waals surface area contributed by atoms with E-state index >= 15 is 0 Å². The summed E-state index contributed by atoms with van der Waals surface area (Å²) in [6, 6.07) is 3.59. The summed E-state index contributed by atoms with van der Waals surface area (Å²) in [5, 5.41) is 19.4. The van der Waals surface area contributed by atoms with Gasteiger partial charge in [0.15, 0.2) is 5.82 Å². The van der Waals surface area contributed by atoms with Crippen LogP contribution in [0.15, 0.2) is 24.7 Å². The Kier molecular flexibility index (Phi) is 3.16. The molecule has 7 heteroatoms. The molecule has 86 valence electrons. The summed E-state index contributed by atoms with van der Waals surface area (Å²) in [7, 11) is 0. The largest absolute Gasteiger partial charge is 0.395 e. The molecule has 2 aromatic rings. The average Bonchev–Trinajstić information content (AvgIpc) is 2.84. The Labute approximate surface area is 97.9 Å². The normalized spacial score (nSPS) is 9.82. The summed E-state index contributed by atoms with van der Waals surface area (Å²) in [6.45, 7) is 1.26. The SMILES string of the molecule is N#Cc1ccnc(NCCn2ccnn2)c1N. The Morgan fingerprint density at radius 2 is 2.35 bits per heavy atom. The number of nitrogens with one attached hydrogen (secondary N) is 1. The highest BCUT2D eigenvalue weighted by Gasteiger charge is 2.04. The maximum atomic E-state index is 8.81. The third-order valence-electron chi connectivity index (χ3n) is 2.22. The average molecular weight is 229 g/mol. The summed E-state index contributed by atoms with van der Waals surface area (Å²) in [5.74, 6) is 0.518. The second-order valence-corrected chi connectivity index (χ2v) is 3.33. The van der Waals surface area contributed by atoms with E-state index in [-0.39, 0.29) is 0 Å². The Balaban J connectivity index is 1.98. The van der Waals surface area contributed by atoms with Gasteiger partial charge in [0, 0.05) is 18.9 Å². The van der Waals surface area contributed by atoms with E-state index in [9.17, 15) is 0 Å². The molecule has 17 heavy (non-hydrogen) atoms. The third-order valence-corrected chi connectivity index (χ3v) is 2.22. The number of pyridine rings is 1. The van der Waals surface area contributed by atoms with Crippen molar-refractivity contribution in [3.8, 4) is 6.07 Å². The molecule has 7 nitrogen and oxygen atoms in total. The molecule has 0 bridgehead atoms. The molecule has 0 unspecified atom stereocenters. The van der Waals surface area contributed by atoms with Crippen LogP contribution in [0, 0.1) is 11.3 Å². The van der Waals surface area contributed by atoms with Crippen molar-refractivity contribution in [2.75, 3.05) is 17.6 Å². The molecule has 0 amide bonds. The zero-order chi connectivity index (χ0) is 12.1. The predicted octanol–water partition coefficient (Wildman–Crippen LogP) is 0.239. The Hall–Kier alpha value is -2.62. The standard InChI is InChI=1S/C10H11N7/c11-7-8-1-2-13-10(9(8)12)14-3-5-17-6-4-15-16-17/h1-2,4,6H,3,5,12H2,(H,13,14). The number of aromatic nitrogens is 4. The van der Waals surface area contributed by atoms with Crippen molar-refractivity contribution in [3.05, 3.63) is 30.2 Å². The quantitative estimate of drug-likeness (QED) is 0.777. The van der Waals surface area contributed by atoms with Crippen LogP contribution in [0.1, 0.15) is 5.56 Å². The second-order valence-electron chi connectivity index (χ2n) is 3.33. The summed E-state index contributed by atoms with van der Waals surface area (Å²) in [5.41, 5.74) is 6.56.